The molecule has 0 fully saturated rings. The predicted octanol–water partition coefficient (Wildman–Crippen LogP) is 7.07. The summed E-state index contributed by atoms with van der Waals surface area (Å²) in [6.45, 7) is 4.45. The maximum Gasteiger partial charge on any atom is 0.433 e. The molecule has 8 nitrogen and oxygen atoms in total. The number of halogens is 3. The molecule has 0 aliphatic carbocycles. The fourth-order valence-electron chi connectivity index (χ4n) is 4.86. The standard InChI is InChI=1S/C31H23F3N6O2S/c1-3-40-15-18(14-36-40)23-12-21(19-6-4-5-7-22(19)37-23)29(42)39-26-25-20(17-10-8-16(2)9-11-17)13-24(31(32,33)34)38-30(25)43-27(26)28(35)41/h4-15H,3H2,1-2H3,(H2,35,41)(H,39,42). The maximum absolute atomic E-state index is 14.0. The Hall–Kier alpha value is -5.10. The van der Waals surface area contributed by atoms with E-state index in [1.54, 1.807) is 65.5 Å². The number of nitrogens with zero attached hydrogens (tertiary/aromatic N) is 4. The summed E-state index contributed by atoms with van der Waals surface area (Å²) in [6.07, 6.45) is -1.28. The van der Waals surface area contributed by atoms with E-state index >= 15 is 0 Å². The van der Waals surface area contributed by atoms with E-state index in [1.807, 2.05) is 20.0 Å². The molecule has 0 saturated carbocycles. The average Bonchev–Trinajstić information content (AvgIpc) is 3.61. The van der Waals surface area contributed by atoms with Crippen molar-refractivity contribution in [2.75, 3.05) is 5.32 Å². The number of thiophene rings is 1. The molecule has 0 atom stereocenters. The van der Waals surface area contributed by atoms with Gasteiger partial charge in [0.05, 0.1) is 28.7 Å². The van der Waals surface area contributed by atoms with E-state index < -0.39 is 23.7 Å². The van der Waals surface area contributed by atoms with E-state index in [1.165, 1.54) is 0 Å². The number of carbonyl (C=O) groups is 2. The number of pyridine rings is 2. The number of aryl methyl sites for hydroxylation is 2. The highest BCUT2D eigenvalue weighted by molar-refractivity contribution is 7.21. The van der Waals surface area contributed by atoms with Gasteiger partial charge in [0.25, 0.3) is 11.8 Å². The van der Waals surface area contributed by atoms with Gasteiger partial charge in [-0.3, -0.25) is 14.3 Å². The Labute approximate surface area is 247 Å². The van der Waals surface area contributed by atoms with Crippen molar-refractivity contribution >= 4 is 50.0 Å². The van der Waals surface area contributed by atoms with Crippen LogP contribution < -0.4 is 11.1 Å². The highest BCUT2D eigenvalue weighted by Gasteiger charge is 2.35. The zero-order valence-corrected chi connectivity index (χ0v) is 23.7. The van der Waals surface area contributed by atoms with E-state index in [2.05, 4.69) is 15.4 Å². The SMILES string of the molecule is CCn1cc(-c2cc(C(=O)Nc3c(C(N)=O)sc4nc(C(F)(F)F)cc(-c5ccc(C)cc5)c34)c3ccccc3n2)cn1. The quantitative estimate of drug-likeness (QED) is 0.212. The van der Waals surface area contributed by atoms with E-state index in [0.717, 1.165) is 11.6 Å². The lowest BCUT2D eigenvalue weighted by Crippen LogP contribution is -2.17. The first-order valence-electron chi connectivity index (χ1n) is 13.2. The fourth-order valence-corrected chi connectivity index (χ4v) is 5.87. The van der Waals surface area contributed by atoms with Crippen LogP contribution in [0.1, 0.15) is 38.2 Å². The summed E-state index contributed by atoms with van der Waals surface area (Å²) in [5.41, 5.74) is 8.08. The van der Waals surface area contributed by atoms with Crippen LogP contribution in [0.4, 0.5) is 18.9 Å². The van der Waals surface area contributed by atoms with Gasteiger partial charge in [0, 0.05) is 29.1 Å². The van der Waals surface area contributed by atoms with Crippen LogP contribution in [0.2, 0.25) is 0 Å². The molecule has 6 rings (SSSR count). The van der Waals surface area contributed by atoms with E-state index in [4.69, 9.17) is 10.7 Å². The molecule has 0 aliphatic heterocycles. The summed E-state index contributed by atoms with van der Waals surface area (Å²) in [4.78, 5) is 34.9. The number of aromatic nitrogens is 4. The van der Waals surface area contributed by atoms with Gasteiger partial charge in [-0.2, -0.15) is 18.3 Å². The molecule has 2 aromatic carbocycles. The lowest BCUT2D eigenvalue weighted by Gasteiger charge is -2.14. The molecule has 12 heteroatoms. The maximum atomic E-state index is 14.0. The number of hydrogen-bond acceptors (Lipinski definition) is 6. The summed E-state index contributed by atoms with van der Waals surface area (Å²) < 4.78 is 43.4. The second-order valence-electron chi connectivity index (χ2n) is 9.88. The molecule has 0 spiro atoms. The Morgan fingerprint density at radius 2 is 1.77 bits per heavy atom. The summed E-state index contributed by atoms with van der Waals surface area (Å²) in [6, 6.07) is 16.5. The first-order valence-corrected chi connectivity index (χ1v) is 14.0. The molecular formula is C31H23F3N6O2S. The van der Waals surface area contributed by atoms with E-state index in [0.29, 0.717) is 45.6 Å². The highest BCUT2D eigenvalue weighted by Crippen LogP contribution is 2.44. The van der Waals surface area contributed by atoms with Crippen LogP contribution in [0.15, 0.2) is 73.1 Å². The Morgan fingerprint density at radius 1 is 1.02 bits per heavy atom. The highest BCUT2D eigenvalue weighted by atomic mass is 32.1. The summed E-state index contributed by atoms with van der Waals surface area (Å²) in [5, 5.41) is 7.83. The number of fused-ring (bicyclic) bond motifs is 2. The molecule has 0 aliphatic rings. The Bertz CT molecular complexity index is 2050. The van der Waals surface area contributed by atoms with Crippen LogP contribution in [0.25, 0.3) is 43.5 Å². The second kappa shape index (κ2) is 10.6. The van der Waals surface area contributed by atoms with Gasteiger partial charge in [-0.05, 0) is 43.2 Å². The van der Waals surface area contributed by atoms with Crippen LogP contribution in [0.5, 0.6) is 0 Å². The number of benzene rings is 2. The minimum Gasteiger partial charge on any atom is -0.365 e. The van der Waals surface area contributed by atoms with Gasteiger partial charge < -0.3 is 11.1 Å². The number of carbonyl (C=O) groups excluding carboxylic acids is 2. The largest absolute Gasteiger partial charge is 0.433 e. The van der Waals surface area contributed by atoms with Gasteiger partial charge in [-0.1, -0.05) is 48.0 Å². The zero-order valence-electron chi connectivity index (χ0n) is 22.9. The molecule has 2 amide bonds. The number of alkyl halides is 3. The minimum absolute atomic E-state index is 0.00412. The van der Waals surface area contributed by atoms with Crippen molar-refractivity contribution in [3.63, 3.8) is 0 Å². The van der Waals surface area contributed by atoms with Gasteiger partial charge in [0.1, 0.15) is 15.4 Å². The molecule has 216 valence electrons. The second-order valence-corrected chi connectivity index (χ2v) is 10.9. The minimum atomic E-state index is -4.74. The van der Waals surface area contributed by atoms with Crippen LogP contribution >= 0.6 is 11.3 Å². The van der Waals surface area contributed by atoms with Crippen LogP contribution in [-0.2, 0) is 12.7 Å². The molecule has 0 radical (unpaired) electrons. The van der Waals surface area contributed by atoms with Gasteiger partial charge in [-0.15, -0.1) is 11.3 Å². The van der Waals surface area contributed by atoms with Crippen molar-refractivity contribution < 1.29 is 22.8 Å². The summed E-state index contributed by atoms with van der Waals surface area (Å²) in [7, 11) is 0. The number of amides is 2. The van der Waals surface area contributed by atoms with Crippen molar-refractivity contribution in [1.29, 1.82) is 0 Å². The monoisotopic (exact) mass is 600 g/mol. The molecular weight excluding hydrogens is 577 g/mol. The lowest BCUT2D eigenvalue weighted by molar-refractivity contribution is -0.140. The van der Waals surface area contributed by atoms with E-state index in [-0.39, 0.29) is 31.9 Å². The molecule has 6 aromatic rings. The number of nitrogens with two attached hydrogens (primary N) is 1. The Kier molecular flexibility index (Phi) is 6.93. The zero-order chi connectivity index (χ0) is 30.5. The van der Waals surface area contributed by atoms with Crippen molar-refractivity contribution in [1.82, 2.24) is 19.7 Å². The first kappa shape index (κ1) is 28.0. The normalized spacial score (nSPS) is 11.7. The molecule has 43 heavy (non-hydrogen) atoms. The third-order valence-electron chi connectivity index (χ3n) is 6.99. The van der Waals surface area contributed by atoms with Crippen molar-refractivity contribution in [3.05, 3.63) is 94.8 Å². The fraction of sp³-hybridized carbons (Fsp3) is 0.129. The van der Waals surface area contributed by atoms with Gasteiger partial charge in [-0.25, -0.2) is 9.97 Å². The third kappa shape index (κ3) is 5.21. The number of rotatable bonds is 6. The third-order valence-corrected chi connectivity index (χ3v) is 8.09. The van der Waals surface area contributed by atoms with Crippen LogP contribution in [0, 0.1) is 6.92 Å². The van der Waals surface area contributed by atoms with E-state index in [9.17, 15) is 22.8 Å². The number of para-hydroxylation sites is 1. The average molecular weight is 601 g/mol. The van der Waals surface area contributed by atoms with Crippen molar-refractivity contribution in [2.45, 2.75) is 26.6 Å². The number of primary amides is 1. The topological polar surface area (TPSA) is 116 Å². The summed E-state index contributed by atoms with van der Waals surface area (Å²) >= 11 is 0.697. The van der Waals surface area contributed by atoms with Gasteiger partial charge >= 0.3 is 6.18 Å². The number of hydrogen-bond donors (Lipinski definition) is 2. The Balaban J connectivity index is 1.55. The van der Waals surface area contributed by atoms with Crippen molar-refractivity contribution in [3.8, 4) is 22.4 Å². The molecule has 0 bridgehead atoms. The molecule has 3 N–H and O–H groups in total. The van der Waals surface area contributed by atoms with Crippen LogP contribution in [0.3, 0.4) is 0 Å². The first-order chi connectivity index (χ1) is 20.5. The van der Waals surface area contributed by atoms with Crippen molar-refractivity contribution in [2.24, 2.45) is 5.73 Å². The number of nitrogens with one attached hydrogen (secondary N) is 1. The lowest BCUT2D eigenvalue weighted by atomic mass is 9.99. The summed E-state index contributed by atoms with van der Waals surface area (Å²) in [5.74, 6) is -1.51. The Morgan fingerprint density at radius 3 is 2.44 bits per heavy atom. The molecule has 0 saturated heterocycles. The molecule has 4 aromatic heterocycles. The molecule has 0 unspecified atom stereocenters. The van der Waals surface area contributed by atoms with Gasteiger partial charge in [0.2, 0.25) is 0 Å². The van der Waals surface area contributed by atoms with Crippen LogP contribution in [-0.4, -0.2) is 31.6 Å². The smallest absolute Gasteiger partial charge is 0.365 e. The van der Waals surface area contributed by atoms with Gasteiger partial charge in [0.15, 0.2) is 0 Å². The predicted molar refractivity (Wildman–Crippen MR) is 160 cm³/mol. The number of anilines is 1. The molecule has 4 heterocycles.